The fraction of sp³-hybridized carbons (Fsp3) is 0.444. The average Bonchev–Trinajstić information content (AvgIpc) is 2.30. The molecule has 1 aromatic heterocycles. The van der Waals surface area contributed by atoms with Crippen molar-refractivity contribution in [3.8, 4) is 0 Å². The van der Waals surface area contributed by atoms with E-state index in [0.717, 1.165) is 0 Å². The van der Waals surface area contributed by atoms with Crippen molar-refractivity contribution in [2.24, 2.45) is 0 Å². The molecule has 7 heteroatoms. The number of sulfonamides is 1. The lowest BCUT2D eigenvalue weighted by molar-refractivity contribution is 0.0730. The Morgan fingerprint density at radius 3 is 2.69 bits per heavy atom. The summed E-state index contributed by atoms with van der Waals surface area (Å²) in [5.41, 5.74) is 5.57. The monoisotopic (exact) mass is 243 g/mol. The first kappa shape index (κ1) is 11.3. The van der Waals surface area contributed by atoms with Gasteiger partial charge in [0.15, 0.2) is 0 Å². The average molecular weight is 243 g/mol. The summed E-state index contributed by atoms with van der Waals surface area (Å²) < 4.78 is 30.8. The van der Waals surface area contributed by atoms with Crippen molar-refractivity contribution in [3.63, 3.8) is 0 Å². The number of anilines is 1. The molecule has 0 aliphatic carbocycles. The molecule has 0 bridgehead atoms. The largest absolute Gasteiger partial charge is 0.383 e. The van der Waals surface area contributed by atoms with Crippen molar-refractivity contribution in [2.75, 3.05) is 32.0 Å². The number of nitrogens with two attached hydrogens (primary N) is 1. The zero-order valence-corrected chi connectivity index (χ0v) is 9.48. The van der Waals surface area contributed by atoms with Crippen molar-refractivity contribution < 1.29 is 13.2 Å². The maximum absolute atomic E-state index is 12.2. The number of aromatic nitrogens is 1. The van der Waals surface area contributed by atoms with E-state index >= 15 is 0 Å². The molecule has 1 aliphatic rings. The van der Waals surface area contributed by atoms with Crippen LogP contribution in [0.3, 0.4) is 0 Å². The third-order valence-corrected chi connectivity index (χ3v) is 4.33. The number of morpholine rings is 1. The molecule has 0 radical (unpaired) electrons. The standard InChI is InChI=1S/C9H13N3O3S/c10-9-8(2-1-3-11-9)16(13,14)12-4-6-15-7-5-12/h1-3H,4-7H2,(H2,10,11). The molecule has 0 saturated carbocycles. The molecule has 2 heterocycles. The third kappa shape index (κ3) is 2.01. The van der Waals surface area contributed by atoms with E-state index in [1.165, 1.54) is 16.6 Å². The maximum atomic E-state index is 12.2. The van der Waals surface area contributed by atoms with Crippen LogP contribution in [-0.4, -0.2) is 44.0 Å². The van der Waals surface area contributed by atoms with Crippen LogP contribution >= 0.6 is 0 Å². The van der Waals surface area contributed by atoms with Crippen LogP contribution in [0.1, 0.15) is 0 Å². The van der Waals surface area contributed by atoms with E-state index in [1.54, 1.807) is 6.07 Å². The van der Waals surface area contributed by atoms with Gasteiger partial charge in [-0.2, -0.15) is 4.31 Å². The molecular weight excluding hydrogens is 230 g/mol. The summed E-state index contributed by atoms with van der Waals surface area (Å²) in [7, 11) is -3.53. The van der Waals surface area contributed by atoms with E-state index in [9.17, 15) is 8.42 Å². The summed E-state index contributed by atoms with van der Waals surface area (Å²) in [6.07, 6.45) is 1.47. The summed E-state index contributed by atoms with van der Waals surface area (Å²) in [6.45, 7) is 1.55. The second kappa shape index (κ2) is 4.36. The number of ether oxygens (including phenoxy) is 1. The van der Waals surface area contributed by atoms with E-state index in [0.29, 0.717) is 26.3 Å². The van der Waals surface area contributed by atoms with Crippen LogP contribution in [-0.2, 0) is 14.8 Å². The van der Waals surface area contributed by atoms with E-state index in [1.807, 2.05) is 0 Å². The maximum Gasteiger partial charge on any atom is 0.246 e. The molecule has 0 amide bonds. The van der Waals surface area contributed by atoms with Gasteiger partial charge in [0.1, 0.15) is 10.7 Å². The lowest BCUT2D eigenvalue weighted by Gasteiger charge is -2.26. The van der Waals surface area contributed by atoms with Crippen LogP contribution in [0.4, 0.5) is 5.82 Å². The highest BCUT2D eigenvalue weighted by atomic mass is 32.2. The van der Waals surface area contributed by atoms with Crippen LogP contribution in [0, 0.1) is 0 Å². The van der Waals surface area contributed by atoms with Crippen LogP contribution in [0.15, 0.2) is 23.2 Å². The first-order valence-corrected chi connectivity index (χ1v) is 6.35. The van der Waals surface area contributed by atoms with Crippen LogP contribution in [0.5, 0.6) is 0 Å². The Morgan fingerprint density at radius 1 is 1.38 bits per heavy atom. The Labute approximate surface area is 94.1 Å². The predicted octanol–water partition coefficient (Wildman–Crippen LogP) is -0.315. The smallest absolute Gasteiger partial charge is 0.246 e. The topological polar surface area (TPSA) is 85.5 Å². The van der Waals surface area contributed by atoms with Gasteiger partial charge in [0.2, 0.25) is 10.0 Å². The molecule has 16 heavy (non-hydrogen) atoms. The van der Waals surface area contributed by atoms with Gasteiger partial charge in [-0.15, -0.1) is 0 Å². The van der Waals surface area contributed by atoms with Crippen molar-refractivity contribution in [3.05, 3.63) is 18.3 Å². The predicted molar refractivity (Wildman–Crippen MR) is 58.2 cm³/mol. The highest BCUT2D eigenvalue weighted by Crippen LogP contribution is 2.20. The fourth-order valence-electron chi connectivity index (χ4n) is 1.55. The highest BCUT2D eigenvalue weighted by Gasteiger charge is 2.28. The van der Waals surface area contributed by atoms with Crippen LogP contribution in [0.2, 0.25) is 0 Å². The van der Waals surface area contributed by atoms with Crippen LogP contribution in [0.25, 0.3) is 0 Å². The molecule has 0 spiro atoms. The van der Waals surface area contributed by atoms with Crippen molar-refractivity contribution in [1.29, 1.82) is 0 Å². The summed E-state index contributed by atoms with van der Waals surface area (Å²) in [4.78, 5) is 3.85. The highest BCUT2D eigenvalue weighted by molar-refractivity contribution is 7.89. The fourth-order valence-corrected chi connectivity index (χ4v) is 3.02. The van der Waals surface area contributed by atoms with E-state index in [4.69, 9.17) is 10.5 Å². The zero-order valence-electron chi connectivity index (χ0n) is 8.67. The van der Waals surface area contributed by atoms with Gasteiger partial charge in [0.05, 0.1) is 13.2 Å². The van der Waals surface area contributed by atoms with Crippen molar-refractivity contribution in [1.82, 2.24) is 9.29 Å². The molecule has 88 valence electrons. The van der Waals surface area contributed by atoms with Gasteiger partial charge in [0.25, 0.3) is 0 Å². The quantitative estimate of drug-likeness (QED) is 0.769. The molecule has 2 rings (SSSR count). The molecule has 6 nitrogen and oxygen atoms in total. The lowest BCUT2D eigenvalue weighted by atomic mass is 10.5. The molecule has 0 aromatic carbocycles. The van der Waals surface area contributed by atoms with Gasteiger partial charge in [0, 0.05) is 19.3 Å². The third-order valence-electron chi connectivity index (χ3n) is 2.39. The first-order valence-electron chi connectivity index (χ1n) is 4.91. The normalized spacial score (nSPS) is 18.5. The van der Waals surface area contributed by atoms with E-state index in [-0.39, 0.29) is 10.7 Å². The Morgan fingerprint density at radius 2 is 2.06 bits per heavy atom. The summed E-state index contributed by atoms with van der Waals surface area (Å²) in [5.74, 6) is 0.0361. The van der Waals surface area contributed by atoms with Gasteiger partial charge in [-0.05, 0) is 12.1 Å². The molecule has 0 atom stereocenters. The summed E-state index contributed by atoms with van der Waals surface area (Å²) in [6, 6.07) is 3.02. The Kier molecular flexibility index (Phi) is 3.08. The molecule has 1 aliphatic heterocycles. The Balaban J connectivity index is 2.35. The van der Waals surface area contributed by atoms with Gasteiger partial charge >= 0.3 is 0 Å². The number of hydrogen-bond donors (Lipinski definition) is 1. The SMILES string of the molecule is Nc1ncccc1S(=O)(=O)N1CCOCC1. The van der Waals surface area contributed by atoms with Crippen LogP contribution < -0.4 is 5.73 Å². The molecule has 1 aromatic rings. The van der Waals surface area contributed by atoms with Gasteiger partial charge in [-0.1, -0.05) is 0 Å². The Bertz CT molecular complexity index is 469. The molecule has 1 fully saturated rings. The van der Waals surface area contributed by atoms with Gasteiger partial charge in [-0.3, -0.25) is 0 Å². The van der Waals surface area contributed by atoms with Crippen molar-refractivity contribution in [2.45, 2.75) is 4.90 Å². The van der Waals surface area contributed by atoms with Crippen molar-refractivity contribution >= 4 is 15.8 Å². The summed E-state index contributed by atoms with van der Waals surface area (Å²) in [5, 5.41) is 0. The number of hydrogen-bond acceptors (Lipinski definition) is 5. The zero-order chi connectivity index (χ0) is 11.6. The molecule has 2 N–H and O–H groups in total. The lowest BCUT2D eigenvalue weighted by Crippen LogP contribution is -2.40. The number of nitrogen functional groups attached to an aromatic ring is 1. The minimum atomic E-state index is -3.53. The van der Waals surface area contributed by atoms with E-state index in [2.05, 4.69) is 4.98 Å². The van der Waals surface area contributed by atoms with E-state index < -0.39 is 10.0 Å². The summed E-state index contributed by atoms with van der Waals surface area (Å²) >= 11 is 0. The molecule has 1 saturated heterocycles. The number of rotatable bonds is 2. The number of pyridine rings is 1. The second-order valence-corrected chi connectivity index (χ2v) is 5.31. The second-order valence-electron chi connectivity index (χ2n) is 3.40. The first-order chi connectivity index (χ1) is 7.62. The minimum absolute atomic E-state index is 0.0361. The Hall–Kier alpha value is -1.18. The number of nitrogens with zero attached hydrogens (tertiary/aromatic N) is 2. The van der Waals surface area contributed by atoms with Gasteiger partial charge in [-0.25, -0.2) is 13.4 Å². The minimum Gasteiger partial charge on any atom is -0.383 e. The van der Waals surface area contributed by atoms with Gasteiger partial charge < -0.3 is 10.5 Å². The molecular formula is C9H13N3O3S. The molecule has 0 unspecified atom stereocenters.